The van der Waals surface area contributed by atoms with Crippen molar-refractivity contribution in [3.8, 4) is 0 Å². The van der Waals surface area contributed by atoms with E-state index < -0.39 is 297 Å². The van der Waals surface area contributed by atoms with Crippen molar-refractivity contribution in [1.29, 1.82) is 0 Å². The molecule has 42 nitrogen and oxygen atoms in total. The Bertz CT molecular complexity index is 2420. The van der Waals surface area contributed by atoms with E-state index in [0.29, 0.717) is 0 Å². The summed E-state index contributed by atoms with van der Waals surface area (Å²) in [5.74, 6) is -8.18. The molecule has 0 aromatic heterocycles. The second-order valence-corrected chi connectivity index (χ2v) is 23.2. The highest BCUT2D eigenvalue weighted by Gasteiger charge is 2.62. The SMILES string of the molecule is CC(=O)N[C@@H]1[C@H](O[C@H]2[C@@H](O)[C@@H](CO)O[C@@H](O[C@H]3[C@H](O)[C@@H](O)[C@H](O)O[C@@H]3CO)[C@@H]2O)O[C@H](CO)[C@@H](O)[C@@H]1O[C@@H]1O[C@H](CO)[C@H](O)[C@H](O[C@@H]2O[C@H](CO)[C@@H](O)[C@H](O[C@@H]3O[C@H](CO)[C@H](O)[C@H](O[C@]4(C(=O)O)C[C@H](O)[C@@H](NC(C)=O)[C@H]([C@H](O)[C@H](O)CO)O4)[C@H]3O)[C@H]2NC(C)=O)[C@H]1O. The number of amides is 3. The molecule has 0 spiro atoms. The van der Waals surface area contributed by atoms with E-state index in [-0.39, 0.29) is 0 Å². The molecule has 25 N–H and O–H groups in total. The maximum Gasteiger partial charge on any atom is 0.364 e. The number of carbonyl (C=O) groups is 4. The van der Waals surface area contributed by atoms with Crippen molar-refractivity contribution in [2.24, 2.45) is 0 Å². The molecule has 0 radical (unpaired) electrons. The summed E-state index contributed by atoms with van der Waals surface area (Å²) in [6, 6.07) is -5.61. The molecule has 0 bridgehead atoms. The largest absolute Gasteiger partial charge is 0.477 e. The molecule has 7 aliphatic rings. The summed E-state index contributed by atoms with van der Waals surface area (Å²) in [5.41, 5.74) is 0. The minimum absolute atomic E-state index is 0.855. The number of ether oxygens (including phenoxy) is 13. The van der Waals surface area contributed by atoms with Gasteiger partial charge in [-0.25, -0.2) is 4.79 Å². The lowest BCUT2D eigenvalue weighted by Crippen LogP contribution is -2.72. The Balaban J connectivity index is 1.16. The van der Waals surface area contributed by atoms with Crippen molar-refractivity contribution in [2.75, 3.05) is 46.2 Å². The van der Waals surface area contributed by atoms with Gasteiger partial charge in [0.05, 0.1) is 58.4 Å². The number of carboxylic acids is 1. The zero-order chi connectivity index (χ0) is 69.0. The summed E-state index contributed by atoms with van der Waals surface area (Å²) in [6.07, 6.45) is -68.4. The highest BCUT2D eigenvalue weighted by molar-refractivity contribution is 5.77. The summed E-state index contributed by atoms with van der Waals surface area (Å²) in [5, 5.41) is 247. The molecule has 0 unspecified atom stereocenters. The first kappa shape index (κ1) is 76.9. The number of aliphatic hydroxyl groups excluding tert-OH is 21. The van der Waals surface area contributed by atoms with Crippen LogP contribution in [0.3, 0.4) is 0 Å². The zero-order valence-electron chi connectivity index (χ0n) is 49.6. The maximum absolute atomic E-state index is 13.2. The molecule has 7 aliphatic heterocycles. The first-order valence-electron chi connectivity index (χ1n) is 29.3. The summed E-state index contributed by atoms with van der Waals surface area (Å²) in [6.45, 7) is -4.95. The fraction of sp³-hybridized carbons (Fsp3) is 0.922. The molecule has 0 aromatic rings. The number of rotatable bonds is 25. The van der Waals surface area contributed by atoms with Gasteiger partial charge in [-0.3, -0.25) is 14.4 Å². The Morgan fingerprint density at radius 1 is 0.419 bits per heavy atom. The van der Waals surface area contributed by atoms with Gasteiger partial charge in [-0.05, 0) is 0 Å². The average molecular weight is 1360 g/mol. The van der Waals surface area contributed by atoms with Crippen LogP contribution in [-0.2, 0) is 80.8 Å². The van der Waals surface area contributed by atoms with E-state index in [4.69, 9.17) is 61.6 Å². The normalized spacial score (nSPS) is 47.2. The predicted octanol–water partition coefficient (Wildman–Crippen LogP) is -16.6. The van der Waals surface area contributed by atoms with Crippen molar-refractivity contribution in [3.63, 3.8) is 0 Å². The minimum atomic E-state index is -3.27. The van der Waals surface area contributed by atoms with Gasteiger partial charge in [0, 0.05) is 27.2 Å². The number of aliphatic carboxylic acids is 1. The molecule has 538 valence electrons. The molecular formula is C51H85N3O39. The van der Waals surface area contributed by atoms with E-state index >= 15 is 0 Å². The van der Waals surface area contributed by atoms with Gasteiger partial charge >= 0.3 is 5.97 Å². The fourth-order valence-corrected chi connectivity index (χ4v) is 11.9. The fourth-order valence-electron chi connectivity index (χ4n) is 11.9. The van der Waals surface area contributed by atoms with Crippen molar-refractivity contribution in [2.45, 2.75) is 248 Å². The Kier molecular flexibility index (Phi) is 27.2. The molecule has 36 atom stereocenters. The minimum Gasteiger partial charge on any atom is -0.477 e. The van der Waals surface area contributed by atoms with Crippen LogP contribution in [0.15, 0.2) is 0 Å². The third-order valence-corrected chi connectivity index (χ3v) is 16.7. The van der Waals surface area contributed by atoms with Gasteiger partial charge in [-0.2, -0.15) is 0 Å². The van der Waals surface area contributed by atoms with E-state index in [1.54, 1.807) is 0 Å². The average Bonchev–Trinajstić information content (AvgIpc) is 0.764. The van der Waals surface area contributed by atoms with Gasteiger partial charge < -0.3 is 190 Å². The first-order valence-corrected chi connectivity index (χ1v) is 29.3. The molecule has 7 fully saturated rings. The summed E-state index contributed by atoms with van der Waals surface area (Å²) < 4.78 is 74.9. The summed E-state index contributed by atoms with van der Waals surface area (Å²) >= 11 is 0. The van der Waals surface area contributed by atoms with E-state index in [1.807, 2.05) is 0 Å². The maximum atomic E-state index is 13.2. The highest BCUT2D eigenvalue weighted by atomic mass is 16.8. The standard InChI is InChI=1S/C51H85N3O39/c1-12(62)52-23-15(65)4-51(50(79)80,92-40(23)26(67)16(66)5-55)93-43-31(72)21(10-60)86-49(36(43)77)89-39-25(54-14(3)64)46(83-18(7-57)28(39)69)91-42-30(71)20(9-59)85-48(35(42)76)88-38-24(53-13(2)63)45(82-17(6-56)27(38)68)90-41-29(70)19(8-58)84-47(34(41)75)87-37-22(11-61)81-44(78)33(74)32(37)73/h15-49,55-61,65-78H,4-11H2,1-3H3,(H,52,62)(H,53,63)(H,54,64)(H,79,80)/t15-,16+,17+,18+,19+,20+,21+,22+,23+,24-,25+,26+,27+,28+,29-,30-,31-,32+,33+,34+,35+,36+,37+,38+,39+,40+,41-,42-,43-,44+,45-,46-,47-,48-,49-,51-/m0/s1. The molecule has 42 heteroatoms. The number of nitrogens with one attached hydrogen (secondary N) is 3. The van der Waals surface area contributed by atoms with E-state index in [1.165, 1.54) is 0 Å². The smallest absolute Gasteiger partial charge is 0.364 e. The molecule has 93 heavy (non-hydrogen) atoms. The molecule has 3 amide bonds. The third-order valence-electron chi connectivity index (χ3n) is 16.7. The van der Waals surface area contributed by atoms with Crippen LogP contribution in [0.1, 0.15) is 27.2 Å². The Hall–Kier alpha value is -3.48. The topological polar surface area (TPSA) is 669 Å². The lowest BCUT2D eigenvalue weighted by Gasteiger charge is -2.51. The lowest BCUT2D eigenvalue weighted by molar-refractivity contribution is -0.390. The molecule has 0 aromatic carbocycles. The first-order chi connectivity index (χ1) is 43.8. The van der Waals surface area contributed by atoms with Crippen LogP contribution < -0.4 is 16.0 Å². The summed E-state index contributed by atoms with van der Waals surface area (Å²) in [4.78, 5) is 51.3. The zero-order valence-corrected chi connectivity index (χ0v) is 49.6. The Labute approximate surface area is 525 Å². The van der Waals surface area contributed by atoms with Crippen LogP contribution in [0.2, 0.25) is 0 Å². The molecule has 7 heterocycles. The van der Waals surface area contributed by atoms with Gasteiger partial charge in [0.25, 0.3) is 5.79 Å². The van der Waals surface area contributed by atoms with Crippen molar-refractivity contribution >= 4 is 23.7 Å². The quantitative estimate of drug-likeness (QED) is 0.0404. The van der Waals surface area contributed by atoms with Crippen LogP contribution in [0.25, 0.3) is 0 Å². The van der Waals surface area contributed by atoms with Gasteiger partial charge in [0.1, 0.15) is 165 Å². The number of aliphatic hydroxyl groups is 21. The number of carbonyl (C=O) groups excluding carboxylic acids is 3. The van der Waals surface area contributed by atoms with Crippen LogP contribution in [0.5, 0.6) is 0 Å². The molecule has 7 rings (SSSR count). The van der Waals surface area contributed by atoms with Gasteiger partial charge in [-0.15, -0.1) is 0 Å². The van der Waals surface area contributed by atoms with Crippen LogP contribution in [0, 0.1) is 0 Å². The van der Waals surface area contributed by atoms with Crippen LogP contribution >= 0.6 is 0 Å². The van der Waals surface area contributed by atoms with Crippen molar-refractivity contribution in [1.82, 2.24) is 16.0 Å². The van der Waals surface area contributed by atoms with Crippen LogP contribution in [0.4, 0.5) is 0 Å². The second kappa shape index (κ2) is 32.9. The van der Waals surface area contributed by atoms with Crippen molar-refractivity contribution < 1.29 is 193 Å². The Morgan fingerprint density at radius 3 is 1.12 bits per heavy atom. The summed E-state index contributed by atoms with van der Waals surface area (Å²) in [7, 11) is 0. The monoisotopic (exact) mass is 1360 g/mol. The second-order valence-electron chi connectivity index (χ2n) is 23.2. The third kappa shape index (κ3) is 16.6. The molecule has 0 aliphatic carbocycles. The number of hydrogen-bond acceptors (Lipinski definition) is 38. The van der Waals surface area contributed by atoms with Gasteiger partial charge in [0.15, 0.2) is 37.7 Å². The number of carboxylic acid groups (broad SMARTS) is 1. The number of hydrogen-bond donors (Lipinski definition) is 25. The Morgan fingerprint density at radius 2 is 0.753 bits per heavy atom. The predicted molar refractivity (Wildman–Crippen MR) is 284 cm³/mol. The molecular weight excluding hydrogens is 1280 g/mol. The van der Waals surface area contributed by atoms with Crippen molar-refractivity contribution in [3.05, 3.63) is 0 Å². The lowest BCUT2D eigenvalue weighted by atomic mass is 9.88. The van der Waals surface area contributed by atoms with E-state index in [9.17, 15) is 132 Å². The molecule has 0 saturated carbocycles. The highest BCUT2D eigenvalue weighted by Crippen LogP contribution is 2.41. The molecule has 7 saturated heterocycles. The van der Waals surface area contributed by atoms with Crippen LogP contribution in [-0.4, -0.2) is 403 Å². The van der Waals surface area contributed by atoms with Gasteiger partial charge in [0.2, 0.25) is 17.7 Å². The van der Waals surface area contributed by atoms with Gasteiger partial charge in [-0.1, -0.05) is 0 Å². The van der Waals surface area contributed by atoms with E-state index in [2.05, 4.69) is 16.0 Å². The van der Waals surface area contributed by atoms with E-state index in [0.717, 1.165) is 20.8 Å².